The van der Waals surface area contributed by atoms with Crippen molar-refractivity contribution in [3.05, 3.63) is 72.4 Å². The molecule has 0 aliphatic heterocycles. The van der Waals surface area contributed by atoms with E-state index >= 15 is 0 Å². The summed E-state index contributed by atoms with van der Waals surface area (Å²) in [6.07, 6.45) is 2.58. The molecule has 2 N–H and O–H groups in total. The lowest BCUT2D eigenvalue weighted by Gasteiger charge is -2.07. The molecule has 0 saturated carbocycles. The summed E-state index contributed by atoms with van der Waals surface area (Å²) in [5.41, 5.74) is -0.552. The Hall–Kier alpha value is -3.05. The summed E-state index contributed by atoms with van der Waals surface area (Å²) in [7, 11) is 0. The highest BCUT2D eigenvalue weighted by Gasteiger charge is 2.16. The number of amides is 1. The van der Waals surface area contributed by atoms with Crippen LogP contribution in [0.1, 0.15) is 20.9 Å². The Labute approximate surface area is 153 Å². The number of hydrogen-bond donors (Lipinski definition) is 2. The first-order chi connectivity index (χ1) is 12.6. The second kappa shape index (κ2) is 6.69. The molecule has 0 aromatic carbocycles. The predicted molar refractivity (Wildman–Crippen MR) is 96.8 cm³/mol. The largest absolute Gasteiger partial charge is 0.346 e. The minimum absolute atomic E-state index is 0.119. The SMILES string of the molecule is O=C(NCc1csc2ncnn12)c1c[nH]c(=O)n(Cc2cccs2)c1=O. The summed E-state index contributed by atoms with van der Waals surface area (Å²) in [6, 6.07) is 3.66. The molecule has 0 fully saturated rings. The number of rotatable bonds is 5. The van der Waals surface area contributed by atoms with Crippen LogP contribution in [0.2, 0.25) is 0 Å². The first-order valence-corrected chi connectivity index (χ1v) is 9.28. The van der Waals surface area contributed by atoms with Crippen LogP contribution >= 0.6 is 22.7 Å². The number of thiazole rings is 1. The summed E-state index contributed by atoms with van der Waals surface area (Å²) in [5, 5.41) is 10.4. The zero-order valence-electron chi connectivity index (χ0n) is 13.2. The van der Waals surface area contributed by atoms with Crippen molar-refractivity contribution in [2.75, 3.05) is 0 Å². The Balaban J connectivity index is 1.57. The van der Waals surface area contributed by atoms with Gasteiger partial charge in [0.25, 0.3) is 11.5 Å². The van der Waals surface area contributed by atoms with Crippen molar-refractivity contribution in [3.63, 3.8) is 0 Å². The maximum atomic E-state index is 12.6. The van der Waals surface area contributed by atoms with Crippen molar-refractivity contribution >= 4 is 33.5 Å². The third-order valence-corrected chi connectivity index (χ3v) is 5.46. The molecule has 1 amide bonds. The van der Waals surface area contributed by atoms with E-state index in [-0.39, 0.29) is 18.7 Å². The predicted octanol–water partition coefficient (Wildman–Crippen LogP) is 0.681. The minimum Gasteiger partial charge on any atom is -0.346 e. The Morgan fingerprint density at radius 3 is 3.00 bits per heavy atom. The molecular weight excluding hydrogens is 376 g/mol. The third kappa shape index (κ3) is 2.97. The van der Waals surface area contributed by atoms with Gasteiger partial charge in [-0.15, -0.1) is 22.7 Å². The number of nitrogens with zero attached hydrogens (tertiary/aromatic N) is 4. The van der Waals surface area contributed by atoms with E-state index in [9.17, 15) is 14.4 Å². The molecule has 9 nitrogen and oxygen atoms in total. The summed E-state index contributed by atoms with van der Waals surface area (Å²) < 4.78 is 2.63. The molecule has 4 aromatic heterocycles. The van der Waals surface area contributed by atoms with Crippen LogP contribution in [0.3, 0.4) is 0 Å². The Bertz CT molecular complexity index is 1180. The lowest BCUT2D eigenvalue weighted by Crippen LogP contribution is -2.40. The van der Waals surface area contributed by atoms with Gasteiger partial charge in [-0.1, -0.05) is 6.07 Å². The number of hydrogen-bond acceptors (Lipinski definition) is 7. The summed E-state index contributed by atoms with van der Waals surface area (Å²) >= 11 is 2.84. The first kappa shape index (κ1) is 16.4. The van der Waals surface area contributed by atoms with Crippen molar-refractivity contribution in [3.8, 4) is 0 Å². The fourth-order valence-electron chi connectivity index (χ4n) is 2.44. The van der Waals surface area contributed by atoms with Gasteiger partial charge in [0.2, 0.25) is 4.96 Å². The van der Waals surface area contributed by atoms with E-state index in [0.717, 1.165) is 26.3 Å². The van der Waals surface area contributed by atoms with Crippen molar-refractivity contribution in [1.82, 2.24) is 29.5 Å². The Morgan fingerprint density at radius 1 is 1.31 bits per heavy atom. The molecule has 11 heteroatoms. The van der Waals surface area contributed by atoms with Crippen LogP contribution in [0.15, 0.2) is 45.0 Å². The van der Waals surface area contributed by atoms with Crippen LogP contribution in [0.5, 0.6) is 0 Å². The highest BCUT2D eigenvalue weighted by atomic mass is 32.1. The number of fused-ring (bicyclic) bond motifs is 1. The number of nitrogens with one attached hydrogen (secondary N) is 2. The molecule has 4 aromatic rings. The van der Waals surface area contributed by atoms with Gasteiger partial charge in [-0.2, -0.15) is 5.10 Å². The van der Waals surface area contributed by atoms with E-state index in [1.54, 1.807) is 4.52 Å². The average molecular weight is 388 g/mol. The molecule has 0 aliphatic rings. The Morgan fingerprint density at radius 2 is 2.19 bits per heavy atom. The lowest BCUT2D eigenvalue weighted by molar-refractivity contribution is 0.0947. The quantitative estimate of drug-likeness (QED) is 0.522. The summed E-state index contributed by atoms with van der Waals surface area (Å²) in [5.74, 6) is -0.564. The molecule has 4 rings (SSSR count). The normalized spacial score (nSPS) is 11.1. The molecular formula is C15H12N6O3S2. The van der Waals surface area contributed by atoms with Gasteiger partial charge in [-0.25, -0.2) is 14.3 Å². The lowest BCUT2D eigenvalue weighted by atomic mass is 10.3. The monoisotopic (exact) mass is 388 g/mol. The topological polar surface area (TPSA) is 114 Å². The van der Waals surface area contributed by atoms with Gasteiger partial charge in [-0.3, -0.25) is 14.2 Å². The fraction of sp³-hybridized carbons (Fsp3) is 0.133. The first-order valence-electron chi connectivity index (χ1n) is 7.52. The molecule has 0 saturated heterocycles. The molecule has 0 atom stereocenters. The van der Waals surface area contributed by atoms with Gasteiger partial charge in [0.15, 0.2) is 0 Å². The van der Waals surface area contributed by atoms with Crippen LogP contribution in [-0.2, 0) is 13.1 Å². The second-order valence-electron chi connectivity index (χ2n) is 5.34. The third-order valence-electron chi connectivity index (χ3n) is 3.72. The number of H-pyrrole nitrogens is 1. The van der Waals surface area contributed by atoms with E-state index in [4.69, 9.17) is 0 Å². The number of carbonyl (C=O) groups excluding carboxylic acids is 1. The van der Waals surface area contributed by atoms with Crippen LogP contribution in [0.25, 0.3) is 4.96 Å². The van der Waals surface area contributed by atoms with Crippen LogP contribution in [0, 0.1) is 0 Å². The van der Waals surface area contributed by atoms with Gasteiger partial charge in [0.1, 0.15) is 11.9 Å². The number of aromatic amines is 1. The maximum absolute atomic E-state index is 12.6. The van der Waals surface area contributed by atoms with Crippen LogP contribution in [-0.4, -0.2) is 30.1 Å². The fourth-order valence-corrected chi connectivity index (χ4v) is 3.93. The van der Waals surface area contributed by atoms with Gasteiger partial charge in [-0.05, 0) is 11.4 Å². The zero-order valence-corrected chi connectivity index (χ0v) is 14.8. The van der Waals surface area contributed by atoms with E-state index in [2.05, 4.69) is 20.4 Å². The molecule has 0 spiro atoms. The van der Waals surface area contributed by atoms with E-state index in [0.29, 0.717) is 0 Å². The summed E-state index contributed by atoms with van der Waals surface area (Å²) in [6.45, 7) is 0.308. The smallest absolute Gasteiger partial charge is 0.328 e. The molecule has 0 bridgehead atoms. The zero-order chi connectivity index (χ0) is 18.1. The van der Waals surface area contributed by atoms with Crippen molar-refractivity contribution in [1.29, 1.82) is 0 Å². The highest BCUT2D eigenvalue weighted by Crippen LogP contribution is 2.12. The van der Waals surface area contributed by atoms with E-state index < -0.39 is 17.2 Å². The number of carbonyl (C=O) groups is 1. The number of thiophene rings is 1. The van der Waals surface area contributed by atoms with Crippen molar-refractivity contribution < 1.29 is 4.79 Å². The Kier molecular flexibility index (Phi) is 4.22. The molecule has 0 aliphatic carbocycles. The van der Waals surface area contributed by atoms with Crippen LogP contribution < -0.4 is 16.6 Å². The van der Waals surface area contributed by atoms with Crippen LogP contribution in [0.4, 0.5) is 0 Å². The maximum Gasteiger partial charge on any atom is 0.328 e. The summed E-state index contributed by atoms with van der Waals surface area (Å²) in [4.78, 5) is 45.0. The highest BCUT2D eigenvalue weighted by molar-refractivity contribution is 7.15. The van der Waals surface area contributed by atoms with Crippen molar-refractivity contribution in [2.24, 2.45) is 0 Å². The molecule has 26 heavy (non-hydrogen) atoms. The van der Waals surface area contributed by atoms with Gasteiger partial charge >= 0.3 is 5.69 Å². The second-order valence-corrected chi connectivity index (χ2v) is 7.21. The minimum atomic E-state index is -0.629. The molecule has 132 valence electrons. The van der Waals surface area contributed by atoms with Crippen molar-refractivity contribution in [2.45, 2.75) is 13.1 Å². The molecule has 0 unspecified atom stereocenters. The van der Waals surface area contributed by atoms with E-state index in [1.807, 2.05) is 22.9 Å². The van der Waals surface area contributed by atoms with Gasteiger partial charge < -0.3 is 10.3 Å². The molecule has 0 radical (unpaired) electrons. The average Bonchev–Trinajstić information content (AvgIpc) is 3.35. The van der Waals surface area contributed by atoms with Gasteiger partial charge in [0.05, 0.1) is 18.8 Å². The van der Waals surface area contributed by atoms with E-state index in [1.165, 1.54) is 29.0 Å². The molecule has 4 heterocycles. The van der Waals surface area contributed by atoms with Gasteiger partial charge in [0, 0.05) is 16.5 Å². The standard InChI is InChI=1S/C15H12N6O3S2/c22-12(16-4-9-7-26-15-18-8-19-21(9)15)11-5-17-14(24)20(13(11)23)6-10-2-1-3-25-10/h1-3,5,7-8H,4,6H2,(H,16,22)(H,17,24). The number of aromatic nitrogens is 5.